The lowest BCUT2D eigenvalue weighted by Crippen LogP contribution is -2.65. The maximum atomic E-state index is 13.4. The van der Waals surface area contributed by atoms with Crippen molar-refractivity contribution in [2.75, 3.05) is 13.7 Å². The van der Waals surface area contributed by atoms with Gasteiger partial charge in [0.05, 0.1) is 17.7 Å². The molecule has 232 valence electrons. The molecule has 4 rings (SSSR count). The molecule has 0 spiro atoms. The maximum Gasteiger partial charge on any atom is 0.328 e. The topological polar surface area (TPSA) is 139 Å². The first kappa shape index (κ1) is 32.1. The Morgan fingerprint density at radius 2 is 1.79 bits per heavy atom. The van der Waals surface area contributed by atoms with Gasteiger partial charge in [-0.1, -0.05) is 39.0 Å². The lowest BCUT2D eigenvalue weighted by molar-refractivity contribution is -0.164. The van der Waals surface area contributed by atoms with Gasteiger partial charge in [-0.3, -0.25) is 24.4 Å². The number of nitrogens with zero attached hydrogens (tertiary/aromatic N) is 2. The number of hydrogen-bond donors (Lipinski definition) is 3. The summed E-state index contributed by atoms with van der Waals surface area (Å²) in [5.74, 6) is -2.58. The summed E-state index contributed by atoms with van der Waals surface area (Å²) in [7, 11) is 1.52. The van der Waals surface area contributed by atoms with Crippen molar-refractivity contribution in [3.05, 3.63) is 47.8 Å². The number of esters is 1. The summed E-state index contributed by atoms with van der Waals surface area (Å²) in [5.41, 5.74) is 3.41. The average Bonchev–Trinajstić information content (AvgIpc) is 2.98. The SMILES string of the molecule is CO[C@@H]1/C=C/c2cc3cc(ccc3cn2)[C@@H](C)OC(=O)[C@]2(C)CCCN(N2)C(=O)[C@H](C)NC(=O)[C@H](C(C)C)NC(=O)[C@@H]1C. The van der Waals surface area contributed by atoms with E-state index in [0.29, 0.717) is 25.1 Å². The second kappa shape index (κ2) is 13.2. The number of rotatable bonds is 2. The summed E-state index contributed by atoms with van der Waals surface area (Å²) in [4.78, 5) is 57.9. The van der Waals surface area contributed by atoms with Gasteiger partial charge in [-0.25, -0.2) is 10.2 Å². The van der Waals surface area contributed by atoms with Crippen LogP contribution in [0.4, 0.5) is 0 Å². The van der Waals surface area contributed by atoms with Crippen LogP contribution in [0.15, 0.2) is 36.5 Å². The maximum absolute atomic E-state index is 13.4. The molecule has 1 fully saturated rings. The van der Waals surface area contributed by atoms with Crippen molar-refractivity contribution in [3.8, 4) is 0 Å². The number of methoxy groups -OCH3 is 1. The van der Waals surface area contributed by atoms with E-state index in [4.69, 9.17) is 9.47 Å². The van der Waals surface area contributed by atoms with Crippen molar-refractivity contribution < 1.29 is 28.7 Å². The van der Waals surface area contributed by atoms with Crippen LogP contribution < -0.4 is 16.1 Å². The summed E-state index contributed by atoms with van der Waals surface area (Å²) in [6.07, 6.45) is 5.24. The molecule has 11 nitrogen and oxygen atoms in total. The van der Waals surface area contributed by atoms with Gasteiger partial charge in [0, 0.05) is 25.2 Å². The zero-order valence-corrected chi connectivity index (χ0v) is 26.0. The van der Waals surface area contributed by atoms with Crippen LogP contribution in [0.3, 0.4) is 0 Å². The predicted octanol–water partition coefficient (Wildman–Crippen LogP) is 3.05. The Morgan fingerprint density at radius 3 is 2.49 bits per heavy atom. The number of nitrogens with one attached hydrogen (secondary N) is 3. The Labute approximate surface area is 252 Å². The number of carbonyl (C=O) groups excluding carboxylic acids is 4. The van der Waals surface area contributed by atoms with E-state index in [1.54, 1.807) is 39.1 Å². The van der Waals surface area contributed by atoms with E-state index < -0.39 is 53.5 Å². The number of benzene rings is 1. The van der Waals surface area contributed by atoms with Gasteiger partial charge in [-0.2, -0.15) is 0 Å². The molecule has 2 aromatic rings. The molecule has 0 radical (unpaired) electrons. The number of hydrogen-bond acceptors (Lipinski definition) is 8. The second-order valence-corrected chi connectivity index (χ2v) is 12.1. The highest BCUT2D eigenvalue weighted by Gasteiger charge is 2.42. The summed E-state index contributed by atoms with van der Waals surface area (Å²) < 4.78 is 11.5. The molecule has 5 bridgehead atoms. The van der Waals surface area contributed by atoms with Gasteiger partial charge in [-0.05, 0) is 68.7 Å². The van der Waals surface area contributed by atoms with Crippen LogP contribution in [0.5, 0.6) is 0 Å². The van der Waals surface area contributed by atoms with Crippen LogP contribution in [0.25, 0.3) is 16.8 Å². The highest BCUT2D eigenvalue weighted by atomic mass is 16.5. The number of cyclic esters (lactones) is 1. The summed E-state index contributed by atoms with van der Waals surface area (Å²) in [6.45, 7) is 10.8. The number of amides is 3. The Morgan fingerprint density at radius 1 is 1.05 bits per heavy atom. The summed E-state index contributed by atoms with van der Waals surface area (Å²) >= 11 is 0. The van der Waals surface area contributed by atoms with Gasteiger partial charge in [0.25, 0.3) is 5.91 Å². The predicted molar refractivity (Wildman–Crippen MR) is 162 cm³/mol. The first-order valence-electron chi connectivity index (χ1n) is 14.8. The largest absolute Gasteiger partial charge is 0.456 e. The van der Waals surface area contributed by atoms with Crippen LogP contribution in [0.2, 0.25) is 0 Å². The van der Waals surface area contributed by atoms with Gasteiger partial charge < -0.3 is 20.1 Å². The fourth-order valence-corrected chi connectivity index (χ4v) is 5.40. The van der Waals surface area contributed by atoms with Gasteiger partial charge >= 0.3 is 5.97 Å². The van der Waals surface area contributed by atoms with Gasteiger partial charge in [0.15, 0.2) is 0 Å². The fourth-order valence-electron chi connectivity index (χ4n) is 5.40. The fraction of sp³-hybridized carbons (Fsp3) is 0.531. The minimum atomic E-state index is -1.13. The molecular weight excluding hydrogens is 550 g/mol. The number of aromatic nitrogens is 1. The molecule has 2 aliphatic heterocycles. The Bertz CT molecular complexity index is 1410. The van der Waals surface area contributed by atoms with E-state index in [9.17, 15) is 19.2 Å². The van der Waals surface area contributed by atoms with Crippen molar-refractivity contribution in [2.24, 2.45) is 11.8 Å². The monoisotopic (exact) mass is 593 g/mol. The van der Waals surface area contributed by atoms with Crippen LogP contribution in [0, 0.1) is 11.8 Å². The normalized spacial score (nSPS) is 30.4. The van der Waals surface area contributed by atoms with Crippen LogP contribution in [0.1, 0.15) is 71.7 Å². The number of hydrazine groups is 1. The van der Waals surface area contributed by atoms with Gasteiger partial charge in [0.1, 0.15) is 23.7 Å². The second-order valence-electron chi connectivity index (χ2n) is 12.1. The minimum Gasteiger partial charge on any atom is -0.456 e. The molecule has 11 heteroatoms. The third-order valence-corrected chi connectivity index (χ3v) is 8.29. The molecule has 6 atom stereocenters. The van der Waals surface area contributed by atoms with Crippen molar-refractivity contribution in [1.29, 1.82) is 0 Å². The average molecular weight is 594 g/mol. The van der Waals surface area contributed by atoms with Crippen LogP contribution in [-0.2, 0) is 28.7 Å². The van der Waals surface area contributed by atoms with E-state index in [0.717, 1.165) is 16.3 Å². The summed E-state index contributed by atoms with van der Waals surface area (Å²) in [6, 6.07) is 5.93. The lowest BCUT2D eigenvalue weighted by Gasteiger charge is -2.41. The first-order valence-corrected chi connectivity index (χ1v) is 14.8. The van der Waals surface area contributed by atoms with Gasteiger partial charge in [-0.15, -0.1) is 0 Å². The molecule has 1 aromatic carbocycles. The molecule has 1 aromatic heterocycles. The molecule has 3 N–H and O–H groups in total. The smallest absolute Gasteiger partial charge is 0.328 e. The Kier molecular flexibility index (Phi) is 9.86. The molecule has 1 saturated heterocycles. The highest BCUT2D eigenvalue weighted by Crippen LogP contribution is 2.27. The summed E-state index contributed by atoms with van der Waals surface area (Å²) in [5, 5.41) is 8.80. The molecule has 2 aliphatic rings. The Hall–Kier alpha value is -3.83. The molecule has 0 saturated carbocycles. The molecular formula is C32H43N5O6. The van der Waals surface area contributed by atoms with Gasteiger partial charge in [0.2, 0.25) is 11.8 Å². The molecule has 3 amide bonds. The number of fused-ring (bicyclic) bond motifs is 4. The van der Waals surface area contributed by atoms with Crippen LogP contribution in [-0.4, -0.2) is 71.1 Å². The highest BCUT2D eigenvalue weighted by molar-refractivity contribution is 5.93. The quantitative estimate of drug-likeness (QED) is 0.452. The Balaban J connectivity index is 1.71. The molecule has 3 heterocycles. The zero-order valence-electron chi connectivity index (χ0n) is 26.0. The molecule has 43 heavy (non-hydrogen) atoms. The first-order chi connectivity index (χ1) is 20.3. The van der Waals surface area contributed by atoms with Crippen molar-refractivity contribution in [2.45, 2.75) is 84.2 Å². The number of carbonyl (C=O) groups is 4. The third-order valence-electron chi connectivity index (χ3n) is 8.29. The molecule has 0 unspecified atom stereocenters. The van der Waals surface area contributed by atoms with Crippen molar-refractivity contribution in [3.63, 3.8) is 0 Å². The van der Waals surface area contributed by atoms with E-state index in [1.807, 2.05) is 45.0 Å². The van der Waals surface area contributed by atoms with E-state index in [-0.39, 0.29) is 11.8 Å². The molecule has 0 aliphatic carbocycles. The standard InChI is InChI=1S/C32H43N5O6/c1-18(2)27-29(39)34-20(4)30(40)37-14-8-13-32(6,36-37)31(41)43-21(5)22-9-10-23-17-33-25(16-24(23)15-22)11-12-26(42-7)19(3)28(38)35-27/h9-12,15-21,26-27,36H,8,13-14H2,1-7H3,(H,34,39)(H,35,38)/b12-11+/t19-,20+,21-,26-,27+,32+/m1/s1. The minimum absolute atomic E-state index is 0.250. The number of ether oxygens (including phenoxy) is 2. The van der Waals surface area contributed by atoms with Crippen molar-refractivity contribution in [1.82, 2.24) is 26.1 Å². The van der Waals surface area contributed by atoms with Crippen molar-refractivity contribution >= 4 is 40.5 Å². The van der Waals surface area contributed by atoms with Crippen LogP contribution >= 0.6 is 0 Å². The van der Waals surface area contributed by atoms with E-state index >= 15 is 0 Å². The lowest BCUT2D eigenvalue weighted by atomic mass is 9.94. The third kappa shape index (κ3) is 7.22. The van der Waals surface area contributed by atoms with E-state index in [2.05, 4.69) is 21.0 Å². The zero-order chi connectivity index (χ0) is 31.5. The van der Waals surface area contributed by atoms with E-state index in [1.165, 1.54) is 12.1 Å². The number of pyridine rings is 1.